The Hall–Kier alpha value is -3.68. The largest absolute Gasteiger partial charge is 0.459 e. The van der Waals surface area contributed by atoms with E-state index < -0.39 is 18.1 Å². The Labute approximate surface area is 206 Å². The topological polar surface area (TPSA) is 77.5 Å². The van der Waals surface area contributed by atoms with E-state index in [1.165, 1.54) is 4.90 Å². The molecule has 0 saturated carbocycles. The van der Waals surface area contributed by atoms with Gasteiger partial charge < -0.3 is 9.47 Å². The van der Waals surface area contributed by atoms with Gasteiger partial charge >= 0.3 is 12.1 Å². The lowest BCUT2D eigenvalue weighted by molar-refractivity contribution is -0.775. The highest BCUT2D eigenvalue weighted by molar-refractivity contribution is 5.82. The molecule has 2 aromatic carbocycles. The van der Waals surface area contributed by atoms with Crippen LogP contribution in [0.5, 0.6) is 0 Å². The molecule has 184 valence electrons. The Morgan fingerprint density at radius 2 is 1.63 bits per heavy atom. The highest BCUT2D eigenvalue weighted by atomic mass is 16.6. The number of carbonyl (C=O) groups excluding carboxylic acids is 2. The SMILES string of the molecule is CCCCc1c[n+]([C@H]2C[C@@H](C(=O)OCc3ccccc3)N(C(=O)OCc3ccccc3)C2)nn1C. The van der Waals surface area contributed by atoms with Crippen LogP contribution in [0.15, 0.2) is 66.9 Å². The van der Waals surface area contributed by atoms with E-state index in [4.69, 9.17) is 9.47 Å². The predicted octanol–water partition coefficient (Wildman–Crippen LogP) is 3.75. The van der Waals surface area contributed by atoms with Crippen LogP contribution in [0.4, 0.5) is 4.79 Å². The highest BCUT2D eigenvalue weighted by Gasteiger charge is 2.45. The van der Waals surface area contributed by atoms with Crippen molar-refractivity contribution < 1.29 is 23.7 Å². The van der Waals surface area contributed by atoms with E-state index in [2.05, 4.69) is 12.1 Å². The van der Waals surface area contributed by atoms with Crippen molar-refractivity contribution in [1.82, 2.24) is 14.8 Å². The summed E-state index contributed by atoms with van der Waals surface area (Å²) in [5, 5.41) is 4.62. The van der Waals surface area contributed by atoms with Crippen molar-refractivity contribution >= 4 is 12.1 Å². The van der Waals surface area contributed by atoms with Crippen LogP contribution in [0.2, 0.25) is 0 Å². The molecule has 1 amide bonds. The van der Waals surface area contributed by atoms with Gasteiger partial charge in [-0.05, 0) is 17.5 Å². The average Bonchev–Trinajstić information content (AvgIpc) is 3.50. The fraction of sp³-hybridized carbons (Fsp3) is 0.407. The van der Waals surface area contributed by atoms with Crippen molar-refractivity contribution in [3.8, 4) is 0 Å². The average molecular weight is 478 g/mol. The van der Waals surface area contributed by atoms with Crippen LogP contribution in [-0.4, -0.2) is 39.4 Å². The van der Waals surface area contributed by atoms with Crippen LogP contribution in [0.1, 0.15) is 49.0 Å². The van der Waals surface area contributed by atoms with Crippen molar-refractivity contribution in [1.29, 1.82) is 0 Å². The molecule has 0 N–H and O–H groups in total. The molecule has 4 rings (SSSR count). The van der Waals surface area contributed by atoms with Gasteiger partial charge in [0.1, 0.15) is 32.3 Å². The molecule has 0 aliphatic carbocycles. The number of amides is 1. The van der Waals surface area contributed by atoms with Gasteiger partial charge in [-0.15, -0.1) is 9.36 Å². The number of hydrogen-bond donors (Lipinski definition) is 0. The zero-order chi connectivity index (χ0) is 24.6. The van der Waals surface area contributed by atoms with Crippen molar-refractivity contribution in [3.05, 3.63) is 83.7 Å². The van der Waals surface area contributed by atoms with Crippen molar-refractivity contribution in [3.63, 3.8) is 0 Å². The number of aromatic nitrogens is 3. The zero-order valence-corrected chi connectivity index (χ0v) is 20.4. The first-order chi connectivity index (χ1) is 17.0. The number of unbranched alkanes of at least 4 members (excludes halogenated alkanes) is 1. The molecule has 1 aliphatic heterocycles. The second-order valence-corrected chi connectivity index (χ2v) is 8.91. The van der Waals surface area contributed by atoms with Gasteiger partial charge in [0, 0.05) is 12.8 Å². The third-order valence-corrected chi connectivity index (χ3v) is 6.31. The number of likely N-dealkylation sites (tertiary alicyclic amines) is 1. The summed E-state index contributed by atoms with van der Waals surface area (Å²) in [5.41, 5.74) is 2.91. The van der Waals surface area contributed by atoms with E-state index in [9.17, 15) is 9.59 Å². The van der Waals surface area contributed by atoms with Gasteiger partial charge in [-0.3, -0.25) is 4.90 Å². The molecular weight excluding hydrogens is 444 g/mol. The molecule has 1 aliphatic rings. The van der Waals surface area contributed by atoms with Gasteiger partial charge in [0.15, 0.2) is 11.9 Å². The van der Waals surface area contributed by atoms with E-state index in [1.54, 1.807) is 0 Å². The molecule has 8 nitrogen and oxygen atoms in total. The molecule has 0 spiro atoms. The molecule has 1 saturated heterocycles. The molecule has 0 bridgehead atoms. The van der Waals surface area contributed by atoms with Gasteiger partial charge in [-0.1, -0.05) is 74.0 Å². The standard InChI is InChI=1S/C27H33N4O4/c1-3-4-15-23-18-31(28-29(23)2)24-16-25(26(32)34-19-21-11-7-5-8-12-21)30(17-24)27(33)35-20-22-13-9-6-10-14-22/h5-14,18,24-25H,3-4,15-17,19-20H2,1-2H3/q+1/t24-,25-/m0/s1. The molecule has 0 unspecified atom stereocenters. The summed E-state index contributed by atoms with van der Waals surface area (Å²) in [6, 6.07) is 18.1. The molecule has 3 aromatic rings. The van der Waals surface area contributed by atoms with E-state index in [1.807, 2.05) is 83.3 Å². The van der Waals surface area contributed by atoms with Gasteiger partial charge in [0.2, 0.25) is 0 Å². The van der Waals surface area contributed by atoms with Crippen molar-refractivity contribution in [2.75, 3.05) is 6.54 Å². The minimum atomic E-state index is -0.736. The van der Waals surface area contributed by atoms with Crippen molar-refractivity contribution in [2.45, 2.75) is 57.9 Å². The Morgan fingerprint density at radius 1 is 1.00 bits per heavy atom. The second kappa shape index (κ2) is 11.6. The third-order valence-electron chi connectivity index (χ3n) is 6.31. The van der Waals surface area contributed by atoms with Crippen molar-refractivity contribution in [2.24, 2.45) is 7.05 Å². The van der Waals surface area contributed by atoms with E-state index >= 15 is 0 Å². The van der Waals surface area contributed by atoms with Crippen LogP contribution in [0, 0.1) is 0 Å². The number of rotatable bonds is 9. The van der Waals surface area contributed by atoms with Crippen LogP contribution >= 0.6 is 0 Å². The molecule has 2 heterocycles. The first-order valence-corrected chi connectivity index (χ1v) is 12.2. The molecule has 1 fully saturated rings. The Kier molecular flexibility index (Phi) is 8.13. The fourth-order valence-corrected chi connectivity index (χ4v) is 4.29. The molecule has 0 radical (unpaired) electrons. The summed E-state index contributed by atoms with van der Waals surface area (Å²) < 4.78 is 14.9. The molecule has 1 aromatic heterocycles. The molecule has 35 heavy (non-hydrogen) atoms. The monoisotopic (exact) mass is 477 g/mol. The first kappa shape index (κ1) is 24.4. The maximum atomic E-state index is 13.1. The lowest BCUT2D eigenvalue weighted by Gasteiger charge is -2.22. The first-order valence-electron chi connectivity index (χ1n) is 12.2. The summed E-state index contributed by atoms with van der Waals surface area (Å²) in [6.45, 7) is 2.79. The summed E-state index contributed by atoms with van der Waals surface area (Å²) in [7, 11) is 1.92. The number of hydrogen-bond acceptors (Lipinski definition) is 5. The smallest absolute Gasteiger partial charge is 0.411 e. The number of nitrogens with zero attached hydrogens (tertiary/aromatic N) is 4. The van der Waals surface area contributed by atoms with Gasteiger partial charge in [0.25, 0.3) is 0 Å². The molecule has 8 heteroatoms. The van der Waals surface area contributed by atoms with E-state index in [-0.39, 0.29) is 19.3 Å². The van der Waals surface area contributed by atoms with Crippen LogP contribution in [-0.2, 0) is 41.0 Å². The highest BCUT2D eigenvalue weighted by Crippen LogP contribution is 2.26. The maximum Gasteiger partial charge on any atom is 0.411 e. The number of ether oxygens (including phenoxy) is 2. The minimum absolute atomic E-state index is 0.143. The quantitative estimate of drug-likeness (QED) is 0.347. The second-order valence-electron chi connectivity index (χ2n) is 8.91. The Balaban J connectivity index is 1.47. The normalized spacial score (nSPS) is 17.4. The van der Waals surface area contributed by atoms with Gasteiger partial charge in [0.05, 0.1) is 11.8 Å². The number of esters is 1. The number of carbonyl (C=O) groups is 2. The van der Waals surface area contributed by atoms with E-state index in [0.29, 0.717) is 13.0 Å². The number of benzene rings is 2. The summed E-state index contributed by atoms with van der Waals surface area (Å²) in [5.74, 6) is -0.434. The lowest BCUT2D eigenvalue weighted by Crippen LogP contribution is -2.44. The molecular formula is C27H33N4O4+. The van der Waals surface area contributed by atoms with E-state index in [0.717, 1.165) is 36.1 Å². The minimum Gasteiger partial charge on any atom is -0.459 e. The summed E-state index contributed by atoms with van der Waals surface area (Å²) in [6.07, 6.45) is 5.03. The van der Waals surface area contributed by atoms with Gasteiger partial charge in [-0.2, -0.15) is 0 Å². The van der Waals surface area contributed by atoms with Crippen LogP contribution in [0.3, 0.4) is 0 Å². The fourth-order valence-electron chi connectivity index (χ4n) is 4.29. The molecule has 2 atom stereocenters. The summed E-state index contributed by atoms with van der Waals surface area (Å²) >= 11 is 0. The predicted molar refractivity (Wildman–Crippen MR) is 129 cm³/mol. The van der Waals surface area contributed by atoms with Gasteiger partial charge in [-0.25, -0.2) is 9.59 Å². The lowest BCUT2D eigenvalue weighted by atomic mass is 10.1. The third kappa shape index (κ3) is 6.26. The Morgan fingerprint density at radius 3 is 2.26 bits per heavy atom. The van der Waals surface area contributed by atoms with Crippen LogP contribution < -0.4 is 4.68 Å². The van der Waals surface area contributed by atoms with Crippen LogP contribution in [0.25, 0.3) is 0 Å². The summed E-state index contributed by atoms with van der Waals surface area (Å²) in [4.78, 5) is 27.6. The Bertz CT molecular complexity index is 1050. The zero-order valence-electron chi connectivity index (χ0n) is 20.4. The maximum absolute atomic E-state index is 13.1. The number of aryl methyl sites for hydroxylation is 2.